The van der Waals surface area contributed by atoms with E-state index in [1.54, 1.807) is 0 Å². The Bertz CT molecular complexity index is 1230. The third-order valence-electron chi connectivity index (χ3n) is 6.40. The van der Waals surface area contributed by atoms with Crippen LogP contribution in [0.15, 0.2) is 78.4 Å². The second-order valence-corrected chi connectivity index (χ2v) is 20.7. The lowest BCUT2D eigenvalue weighted by molar-refractivity contribution is 0.169. The molecule has 37 heavy (non-hydrogen) atoms. The molecule has 0 radical (unpaired) electrons. The zero-order chi connectivity index (χ0) is 27.1. The SMILES string of the molecule is CC/C(=C(/c1ccc(C)cc1)c1ccc(NCOCC[SH](C)(C)(C)C)c(C=C(C)C)c1)c1ccccc1. The first-order chi connectivity index (χ1) is 17.4. The Balaban J connectivity index is 2.01. The summed E-state index contributed by atoms with van der Waals surface area (Å²) >= 11 is 0. The zero-order valence-electron chi connectivity index (χ0n) is 24.2. The maximum Gasteiger partial charge on any atom is 0.116 e. The number of nitrogens with one attached hydrogen (secondary N) is 1. The first kappa shape index (κ1) is 28.8. The molecule has 0 fully saturated rings. The molecule has 0 saturated heterocycles. The quantitative estimate of drug-likeness (QED) is 0.115. The van der Waals surface area contributed by atoms with Crippen molar-refractivity contribution in [3.8, 4) is 0 Å². The van der Waals surface area contributed by atoms with Gasteiger partial charge in [-0.2, -0.15) is 0 Å². The fraction of sp³-hybridized carbons (Fsp3) is 0.353. The van der Waals surface area contributed by atoms with E-state index in [0.717, 1.165) is 24.5 Å². The Kier molecular flexibility index (Phi) is 9.50. The number of hydrogen-bond acceptors (Lipinski definition) is 2. The van der Waals surface area contributed by atoms with Crippen LogP contribution in [0.3, 0.4) is 0 Å². The van der Waals surface area contributed by atoms with E-state index in [1.165, 1.54) is 44.5 Å². The molecule has 0 heterocycles. The molecule has 0 atom stereocenters. The van der Waals surface area contributed by atoms with E-state index in [0.29, 0.717) is 6.73 Å². The molecule has 0 aromatic heterocycles. The minimum atomic E-state index is -1.55. The summed E-state index contributed by atoms with van der Waals surface area (Å²) in [6.07, 6.45) is 12.8. The number of ether oxygens (including phenoxy) is 1. The van der Waals surface area contributed by atoms with Gasteiger partial charge >= 0.3 is 0 Å². The van der Waals surface area contributed by atoms with Crippen molar-refractivity contribution in [1.82, 2.24) is 0 Å². The van der Waals surface area contributed by atoms with E-state index in [-0.39, 0.29) is 0 Å². The number of benzene rings is 3. The maximum absolute atomic E-state index is 6.00. The Hall–Kier alpha value is -2.75. The molecule has 200 valence electrons. The van der Waals surface area contributed by atoms with Gasteiger partial charge < -0.3 is 10.1 Å². The molecule has 0 saturated carbocycles. The van der Waals surface area contributed by atoms with E-state index in [2.05, 4.69) is 137 Å². The predicted octanol–water partition coefficient (Wildman–Crippen LogP) is 8.77. The highest BCUT2D eigenvalue weighted by Gasteiger charge is 2.18. The van der Waals surface area contributed by atoms with Gasteiger partial charge in [0.15, 0.2) is 0 Å². The van der Waals surface area contributed by atoms with Crippen molar-refractivity contribution in [2.45, 2.75) is 34.1 Å². The van der Waals surface area contributed by atoms with Crippen LogP contribution in [0.4, 0.5) is 5.69 Å². The van der Waals surface area contributed by atoms with E-state index in [4.69, 9.17) is 4.74 Å². The summed E-state index contributed by atoms with van der Waals surface area (Å²) in [7, 11) is -1.55. The Labute approximate surface area is 226 Å². The average Bonchev–Trinajstić information content (AvgIpc) is 2.83. The molecule has 3 aromatic rings. The molecular weight excluding hydrogens is 470 g/mol. The Morgan fingerprint density at radius 3 is 2.08 bits per heavy atom. The van der Waals surface area contributed by atoms with Gasteiger partial charge in [0.1, 0.15) is 6.73 Å². The van der Waals surface area contributed by atoms with Crippen LogP contribution in [0.25, 0.3) is 17.2 Å². The highest BCUT2D eigenvalue weighted by atomic mass is 32.3. The molecule has 0 spiro atoms. The highest BCUT2D eigenvalue weighted by molar-refractivity contribution is 8.47. The van der Waals surface area contributed by atoms with E-state index >= 15 is 0 Å². The molecule has 0 bridgehead atoms. The molecule has 3 aromatic carbocycles. The topological polar surface area (TPSA) is 21.3 Å². The second-order valence-electron chi connectivity index (χ2n) is 12.4. The average molecular weight is 518 g/mol. The lowest BCUT2D eigenvalue weighted by Gasteiger charge is -2.46. The fourth-order valence-electron chi connectivity index (χ4n) is 4.34. The molecule has 3 rings (SSSR count). The number of thiol groups is 1. The minimum Gasteiger partial charge on any atom is -0.362 e. The molecule has 0 aliphatic heterocycles. The second kappa shape index (κ2) is 12.2. The zero-order valence-corrected chi connectivity index (χ0v) is 25.1. The smallest absolute Gasteiger partial charge is 0.116 e. The first-order valence-corrected chi connectivity index (χ1v) is 17.6. The predicted molar refractivity (Wildman–Crippen MR) is 172 cm³/mol. The van der Waals surface area contributed by atoms with E-state index in [9.17, 15) is 0 Å². The standard InChI is InChI=1S/C34H47NOS/c1-9-32(28-13-11-10-12-14-28)34(29-17-15-27(4)16-18-29)30-19-20-33(31(24-30)23-26(2)3)35-25-36-21-22-37(5,6,7)8/h10-20,23-24,35,37H,9,21-22,25H2,1-8H3/b34-32+. The number of aryl methyl sites for hydroxylation is 1. The molecule has 2 nitrogen and oxygen atoms in total. The molecule has 1 N–H and O–H groups in total. The summed E-state index contributed by atoms with van der Waals surface area (Å²) in [6, 6.07) is 26.5. The van der Waals surface area contributed by atoms with Gasteiger partial charge in [-0.1, -0.05) is 84.8 Å². The summed E-state index contributed by atoms with van der Waals surface area (Å²) in [5.74, 6) is 1.14. The largest absolute Gasteiger partial charge is 0.362 e. The van der Waals surface area contributed by atoms with Gasteiger partial charge in [0.25, 0.3) is 0 Å². The van der Waals surface area contributed by atoms with Crippen molar-refractivity contribution >= 4 is 32.1 Å². The molecular formula is C34H47NOS. The van der Waals surface area contributed by atoms with Crippen molar-refractivity contribution in [2.75, 3.05) is 49.4 Å². The number of allylic oxidation sites excluding steroid dienone is 2. The summed E-state index contributed by atoms with van der Waals surface area (Å²) in [6.45, 7) is 10.0. The number of anilines is 1. The normalized spacial score (nSPS) is 13.4. The van der Waals surface area contributed by atoms with Gasteiger partial charge in [-0.25, -0.2) is 0 Å². The van der Waals surface area contributed by atoms with E-state index < -0.39 is 9.16 Å². The number of rotatable bonds is 11. The monoisotopic (exact) mass is 517 g/mol. The molecule has 3 heteroatoms. The van der Waals surface area contributed by atoms with Gasteiger partial charge in [0.05, 0.1) is 6.61 Å². The van der Waals surface area contributed by atoms with Crippen molar-refractivity contribution in [1.29, 1.82) is 0 Å². The highest BCUT2D eigenvalue weighted by Crippen LogP contribution is 2.54. The number of hydrogen-bond donors (Lipinski definition) is 2. The Morgan fingerprint density at radius 2 is 1.49 bits per heavy atom. The summed E-state index contributed by atoms with van der Waals surface area (Å²) < 4.78 is 6.00. The summed E-state index contributed by atoms with van der Waals surface area (Å²) in [5.41, 5.74) is 11.2. The van der Waals surface area contributed by atoms with E-state index in [1.807, 2.05) is 0 Å². The van der Waals surface area contributed by atoms with Gasteiger partial charge in [-0.05, 0) is 104 Å². The van der Waals surface area contributed by atoms with Gasteiger partial charge in [-0.15, -0.1) is 0 Å². The van der Waals surface area contributed by atoms with Gasteiger partial charge in [0, 0.05) is 5.69 Å². The maximum atomic E-state index is 6.00. The summed E-state index contributed by atoms with van der Waals surface area (Å²) in [4.78, 5) is 0. The van der Waals surface area contributed by atoms with Crippen LogP contribution in [-0.4, -0.2) is 44.1 Å². The molecule has 0 aliphatic carbocycles. The lowest BCUT2D eigenvalue weighted by atomic mass is 9.87. The van der Waals surface area contributed by atoms with Crippen LogP contribution >= 0.6 is 9.16 Å². The van der Waals surface area contributed by atoms with Crippen molar-refractivity contribution < 1.29 is 4.74 Å². The van der Waals surface area contributed by atoms with Crippen LogP contribution in [0, 0.1) is 6.92 Å². The van der Waals surface area contributed by atoms with Crippen LogP contribution < -0.4 is 5.32 Å². The molecule has 0 amide bonds. The molecule has 0 unspecified atom stereocenters. The minimum absolute atomic E-state index is 0.514. The van der Waals surface area contributed by atoms with Crippen molar-refractivity contribution in [3.63, 3.8) is 0 Å². The Morgan fingerprint density at radius 1 is 0.838 bits per heavy atom. The van der Waals surface area contributed by atoms with Crippen LogP contribution in [-0.2, 0) is 4.74 Å². The summed E-state index contributed by atoms with van der Waals surface area (Å²) in [5, 5.41) is 3.54. The van der Waals surface area contributed by atoms with Crippen LogP contribution in [0.5, 0.6) is 0 Å². The third kappa shape index (κ3) is 8.94. The van der Waals surface area contributed by atoms with Crippen LogP contribution in [0.2, 0.25) is 0 Å². The van der Waals surface area contributed by atoms with Gasteiger partial charge in [-0.3, -0.25) is 9.16 Å². The van der Waals surface area contributed by atoms with Crippen molar-refractivity contribution in [2.24, 2.45) is 0 Å². The van der Waals surface area contributed by atoms with Gasteiger partial charge in [0.2, 0.25) is 0 Å². The third-order valence-corrected chi connectivity index (χ3v) is 8.37. The first-order valence-electron chi connectivity index (χ1n) is 13.4. The van der Waals surface area contributed by atoms with Crippen molar-refractivity contribution in [3.05, 3.63) is 106 Å². The fourth-order valence-corrected chi connectivity index (χ4v) is 5.20. The van der Waals surface area contributed by atoms with Crippen LogP contribution in [0.1, 0.15) is 55.0 Å². The molecule has 0 aliphatic rings. The lowest BCUT2D eigenvalue weighted by Crippen LogP contribution is -2.20.